The zero-order valence-corrected chi connectivity index (χ0v) is 12.1. The van der Waals surface area contributed by atoms with Crippen LogP contribution in [0.4, 0.5) is 11.4 Å². The fraction of sp³-hybridized carbons (Fsp3) is 0.533. The number of amides is 1. The SMILES string of the molecule is CCCCN(CCO)CCC(=O)Nc1ccc(N)cc1. The molecule has 5 nitrogen and oxygen atoms in total. The van der Waals surface area contributed by atoms with E-state index in [0.29, 0.717) is 25.2 Å². The summed E-state index contributed by atoms with van der Waals surface area (Å²) >= 11 is 0. The Morgan fingerprint density at radius 2 is 1.95 bits per heavy atom. The Labute approximate surface area is 120 Å². The van der Waals surface area contributed by atoms with Gasteiger partial charge in [-0.1, -0.05) is 13.3 Å². The first-order valence-corrected chi connectivity index (χ1v) is 7.14. The summed E-state index contributed by atoms with van der Waals surface area (Å²) in [5.74, 6) is -0.0193. The van der Waals surface area contributed by atoms with Crippen molar-refractivity contribution in [1.82, 2.24) is 4.90 Å². The smallest absolute Gasteiger partial charge is 0.225 e. The van der Waals surface area contributed by atoms with Gasteiger partial charge in [-0.05, 0) is 37.2 Å². The Balaban J connectivity index is 2.34. The monoisotopic (exact) mass is 279 g/mol. The maximum atomic E-state index is 11.8. The number of hydrogen-bond donors (Lipinski definition) is 3. The number of nitrogen functional groups attached to an aromatic ring is 1. The Bertz CT molecular complexity index is 393. The van der Waals surface area contributed by atoms with E-state index in [-0.39, 0.29) is 12.5 Å². The number of carbonyl (C=O) groups is 1. The van der Waals surface area contributed by atoms with E-state index < -0.39 is 0 Å². The lowest BCUT2D eigenvalue weighted by atomic mass is 10.2. The number of nitrogens with two attached hydrogens (primary N) is 1. The number of aliphatic hydroxyl groups is 1. The van der Waals surface area contributed by atoms with E-state index in [9.17, 15) is 4.79 Å². The fourth-order valence-electron chi connectivity index (χ4n) is 1.91. The molecule has 20 heavy (non-hydrogen) atoms. The highest BCUT2D eigenvalue weighted by atomic mass is 16.3. The molecule has 0 aliphatic carbocycles. The summed E-state index contributed by atoms with van der Waals surface area (Å²) < 4.78 is 0. The van der Waals surface area contributed by atoms with E-state index >= 15 is 0 Å². The number of anilines is 2. The normalized spacial score (nSPS) is 10.8. The van der Waals surface area contributed by atoms with Gasteiger partial charge in [-0.2, -0.15) is 0 Å². The standard InChI is InChI=1S/C15H25N3O2/c1-2-3-9-18(11-12-19)10-8-15(20)17-14-6-4-13(16)5-7-14/h4-7,19H,2-3,8-12,16H2,1H3,(H,17,20). The molecule has 0 saturated carbocycles. The molecule has 0 bridgehead atoms. The van der Waals surface area contributed by atoms with Crippen LogP contribution in [0.3, 0.4) is 0 Å². The van der Waals surface area contributed by atoms with Gasteiger partial charge in [0.15, 0.2) is 0 Å². The summed E-state index contributed by atoms with van der Waals surface area (Å²) in [4.78, 5) is 14.0. The van der Waals surface area contributed by atoms with Crippen molar-refractivity contribution in [2.24, 2.45) is 0 Å². The van der Waals surface area contributed by atoms with Crippen molar-refractivity contribution in [2.75, 3.05) is 37.3 Å². The molecule has 5 heteroatoms. The molecule has 0 atom stereocenters. The molecule has 1 amide bonds. The van der Waals surface area contributed by atoms with E-state index in [0.717, 1.165) is 25.1 Å². The lowest BCUT2D eigenvalue weighted by molar-refractivity contribution is -0.116. The van der Waals surface area contributed by atoms with Gasteiger partial charge in [0, 0.05) is 30.9 Å². The number of rotatable bonds is 9. The summed E-state index contributed by atoms with van der Waals surface area (Å²) in [6, 6.07) is 7.09. The van der Waals surface area contributed by atoms with Gasteiger partial charge in [0.1, 0.15) is 0 Å². The van der Waals surface area contributed by atoms with E-state index in [1.54, 1.807) is 24.3 Å². The number of nitrogens with one attached hydrogen (secondary N) is 1. The molecule has 1 aromatic rings. The average Bonchev–Trinajstić information content (AvgIpc) is 2.44. The van der Waals surface area contributed by atoms with Crippen molar-refractivity contribution in [3.63, 3.8) is 0 Å². The summed E-state index contributed by atoms with van der Waals surface area (Å²) in [5, 5.41) is 11.8. The molecule has 0 aliphatic rings. The number of aliphatic hydroxyl groups excluding tert-OH is 1. The number of hydrogen-bond acceptors (Lipinski definition) is 4. The zero-order chi connectivity index (χ0) is 14.8. The minimum atomic E-state index is -0.0193. The van der Waals surface area contributed by atoms with Gasteiger partial charge in [-0.15, -0.1) is 0 Å². The van der Waals surface area contributed by atoms with Crippen LogP contribution in [0.1, 0.15) is 26.2 Å². The molecule has 4 N–H and O–H groups in total. The van der Waals surface area contributed by atoms with Gasteiger partial charge in [0.05, 0.1) is 6.61 Å². The Hall–Kier alpha value is -1.59. The number of unbranched alkanes of at least 4 members (excludes halogenated alkanes) is 1. The molecule has 112 valence electrons. The quantitative estimate of drug-likeness (QED) is 0.601. The molecule has 1 aromatic carbocycles. The predicted molar refractivity (Wildman–Crippen MR) is 82.5 cm³/mol. The zero-order valence-electron chi connectivity index (χ0n) is 12.1. The molecule has 0 spiro atoms. The third-order valence-electron chi connectivity index (χ3n) is 3.09. The van der Waals surface area contributed by atoms with Crippen LogP contribution in [-0.4, -0.2) is 42.2 Å². The molecule has 0 saturated heterocycles. The van der Waals surface area contributed by atoms with Crippen molar-refractivity contribution in [3.8, 4) is 0 Å². The molecule has 0 fully saturated rings. The topological polar surface area (TPSA) is 78.6 Å². The van der Waals surface area contributed by atoms with Gasteiger partial charge in [0.25, 0.3) is 0 Å². The van der Waals surface area contributed by atoms with Crippen LogP contribution in [0.5, 0.6) is 0 Å². The molecular formula is C15H25N3O2. The summed E-state index contributed by atoms with van der Waals surface area (Å²) in [5.41, 5.74) is 7.03. The van der Waals surface area contributed by atoms with E-state index in [4.69, 9.17) is 10.8 Å². The van der Waals surface area contributed by atoms with Gasteiger partial charge < -0.3 is 21.1 Å². The highest BCUT2D eigenvalue weighted by Gasteiger charge is 2.08. The third kappa shape index (κ3) is 6.54. The van der Waals surface area contributed by atoms with Crippen molar-refractivity contribution in [2.45, 2.75) is 26.2 Å². The number of carbonyl (C=O) groups excluding carboxylic acids is 1. The number of benzene rings is 1. The van der Waals surface area contributed by atoms with Crippen LogP contribution < -0.4 is 11.1 Å². The van der Waals surface area contributed by atoms with Gasteiger partial charge in [-0.3, -0.25) is 4.79 Å². The number of nitrogens with zero attached hydrogens (tertiary/aromatic N) is 1. The van der Waals surface area contributed by atoms with Crippen molar-refractivity contribution < 1.29 is 9.90 Å². The lowest BCUT2D eigenvalue weighted by Crippen LogP contribution is -2.31. The first-order chi connectivity index (χ1) is 9.65. The molecular weight excluding hydrogens is 254 g/mol. The molecule has 0 aromatic heterocycles. The van der Waals surface area contributed by atoms with Crippen molar-refractivity contribution >= 4 is 17.3 Å². The maximum Gasteiger partial charge on any atom is 0.225 e. The third-order valence-corrected chi connectivity index (χ3v) is 3.09. The minimum Gasteiger partial charge on any atom is -0.399 e. The van der Waals surface area contributed by atoms with Gasteiger partial charge in [-0.25, -0.2) is 0 Å². The van der Waals surface area contributed by atoms with E-state index in [1.807, 2.05) is 0 Å². The van der Waals surface area contributed by atoms with Crippen LogP contribution in [0, 0.1) is 0 Å². The second kappa shape index (κ2) is 9.34. The van der Waals surface area contributed by atoms with Crippen LogP contribution in [-0.2, 0) is 4.79 Å². The average molecular weight is 279 g/mol. The summed E-state index contributed by atoms with van der Waals surface area (Å²) in [6.07, 6.45) is 2.62. The molecule has 0 heterocycles. The van der Waals surface area contributed by atoms with Gasteiger partial charge in [0.2, 0.25) is 5.91 Å². The minimum absolute atomic E-state index is 0.0193. The fourth-order valence-corrected chi connectivity index (χ4v) is 1.91. The Morgan fingerprint density at radius 3 is 2.55 bits per heavy atom. The van der Waals surface area contributed by atoms with Crippen LogP contribution in [0.2, 0.25) is 0 Å². The first kappa shape index (κ1) is 16.5. The van der Waals surface area contributed by atoms with Crippen molar-refractivity contribution in [3.05, 3.63) is 24.3 Å². The van der Waals surface area contributed by atoms with Crippen LogP contribution >= 0.6 is 0 Å². The molecule has 0 unspecified atom stereocenters. The maximum absolute atomic E-state index is 11.8. The summed E-state index contributed by atoms with van der Waals surface area (Å²) in [7, 11) is 0. The Kier molecular flexibility index (Phi) is 7.69. The molecule has 0 aliphatic heterocycles. The molecule has 1 rings (SSSR count). The molecule has 0 radical (unpaired) electrons. The highest BCUT2D eigenvalue weighted by Crippen LogP contribution is 2.10. The largest absolute Gasteiger partial charge is 0.399 e. The van der Waals surface area contributed by atoms with Gasteiger partial charge >= 0.3 is 0 Å². The second-order valence-electron chi connectivity index (χ2n) is 4.84. The first-order valence-electron chi connectivity index (χ1n) is 7.14. The predicted octanol–water partition coefficient (Wildman–Crippen LogP) is 1.69. The van der Waals surface area contributed by atoms with Crippen LogP contribution in [0.15, 0.2) is 24.3 Å². The second-order valence-corrected chi connectivity index (χ2v) is 4.84. The van der Waals surface area contributed by atoms with Crippen molar-refractivity contribution in [1.29, 1.82) is 0 Å². The van der Waals surface area contributed by atoms with E-state index in [1.165, 1.54) is 0 Å². The lowest BCUT2D eigenvalue weighted by Gasteiger charge is -2.20. The van der Waals surface area contributed by atoms with E-state index in [2.05, 4.69) is 17.1 Å². The highest BCUT2D eigenvalue weighted by molar-refractivity contribution is 5.90. The Morgan fingerprint density at radius 1 is 1.25 bits per heavy atom. The van der Waals surface area contributed by atoms with Crippen LogP contribution in [0.25, 0.3) is 0 Å². The summed E-state index contributed by atoms with van der Waals surface area (Å²) in [6.45, 7) is 4.47.